The van der Waals surface area contributed by atoms with E-state index in [2.05, 4.69) is 0 Å². The van der Waals surface area contributed by atoms with Gasteiger partial charge in [0.05, 0.1) is 6.42 Å². The van der Waals surface area contributed by atoms with Gasteiger partial charge < -0.3 is 14.9 Å². The van der Waals surface area contributed by atoms with Crippen LogP contribution < -0.4 is 0 Å². The highest BCUT2D eigenvalue weighted by Gasteiger charge is 2.44. The minimum atomic E-state index is -0.745. The summed E-state index contributed by atoms with van der Waals surface area (Å²) in [6, 6.07) is 0. The Bertz CT molecular complexity index is 523. The van der Waals surface area contributed by atoms with E-state index in [9.17, 15) is 19.8 Å². The second kappa shape index (κ2) is 3.30. The minimum Gasteiger partial charge on any atom is -0.508 e. The average molecular weight is 234 g/mol. The predicted octanol–water partition coefficient (Wildman–Crippen LogP) is 0.880. The third-order valence-electron chi connectivity index (χ3n) is 3.16. The normalized spacial score (nSPS) is 32.0. The van der Waals surface area contributed by atoms with Gasteiger partial charge in [-0.05, 0) is 11.6 Å². The maximum Gasteiger partial charge on any atom is 0.173 e. The number of Topliss-reactive ketones (excluding diaryl/α,β-unsaturated/α-hetero) is 2. The lowest BCUT2D eigenvalue weighted by Crippen LogP contribution is -2.31. The van der Waals surface area contributed by atoms with Crippen LogP contribution >= 0.6 is 0 Å². The Balaban J connectivity index is 2.10. The van der Waals surface area contributed by atoms with E-state index in [0.717, 1.165) is 0 Å². The third-order valence-corrected chi connectivity index (χ3v) is 3.16. The number of aliphatic hydroxyl groups is 2. The molecule has 0 aromatic rings. The molecule has 0 spiro atoms. The number of allylic oxidation sites excluding steroid dienone is 1. The molecule has 3 aliphatic rings. The van der Waals surface area contributed by atoms with Crippen molar-refractivity contribution in [2.45, 2.75) is 25.0 Å². The van der Waals surface area contributed by atoms with Gasteiger partial charge in [0.2, 0.25) is 0 Å². The van der Waals surface area contributed by atoms with Crippen LogP contribution in [0.2, 0.25) is 0 Å². The molecule has 0 saturated heterocycles. The average Bonchev–Trinajstić information content (AvgIpc) is 2.56. The Hall–Kier alpha value is -1.88. The molecule has 1 saturated carbocycles. The first-order valence-electron chi connectivity index (χ1n) is 5.31. The van der Waals surface area contributed by atoms with Crippen molar-refractivity contribution in [2.24, 2.45) is 0 Å². The Morgan fingerprint density at radius 3 is 2.76 bits per heavy atom. The molecule has 17 heavy (non-hydrogen) atoms. The summed E-state index contributed by atoms with van der Waals surface area (Å²) in [7, 11) is 0. The molecule has 2 unspecified atom stereocenters. The van der Waals surface area contributed by atoms with Crippen molar-refractivity contribution in [2.75, 3.05) is 0 Å². The molecule has 5 nitrogen and oxygen atoms in total. The topological polar surface area (TPSA) is 83.8 Å². The van der Waals surface area contributed by atoms with Gasteiger partial charge in [0.15, 0.2) is 5.78 Å². The fourth-order valence-electron chi connectivity index (χ4n) is 2.49. The van der Waals surface area contributed by atoms with E-state index in [1.54, 1.807) is 0 Å². The zero-order valence-electron chi connectivity index (χ0n) is 8.84. The molecule has 5 heteroatoms. The highest BCUT2D eigenvalue weighted by molar-refractivity contribution is 6.07. The van der Waals surface area contributed by atoms with Crippen LogP contribution in [0.5, 0.6) is 0 Å². The van der Waals surface area contributed by atoms with E-state index in [1.165, 1.54) is 12.2 Å². The summed E-state index contributed by atoms with van der Waals surface area (Å²) < 4.78 is 5.46. The molecule has 1 heterocycles. The SMILES string of the molecule is O=C1CC(=O)C2OC3C=C(O)C=C(O)C3=C2C1. The molecule has 2 N–H and O–H groups in total. The monoisotopic (exact) mass is 234 g/mol. The van der Waals surface area contributed by atoms with Crippen LogP contribution in [0.25, 0.3) is 0 Å². The van der Waals surface area contributed by atoms with Crippen molar-refractivity contribution < 1.29 is 24.5 Å². The first-order valence-corrected chi connectivity index (χ1v) is 5.31. The molecule has 1 fully saturated rings. The van der Waals surface area contributed by atoms with Crippen LogP contribution in [0.15, 0.2) is 34.8 Å². The number of aliphatic hydroxyl groups excluding tert-OH is 2. The van der Waals surface area contributed by atoms with Gasteiger partial charge in [-0.3, -0.25) is 9.59 Å². The number of carbonyl (C=O) groups excluding carboxylic acids is 2. The van der Waals surface area contributed by atoms with Crippen molar-refractivity contribution >= 4 is 11.6 Å². The molecule has 2 aliphatic carbocycles. The van der Waals surface area contributed by atoms with Gasteiger partial charge >= 0.3 is 0 Å². The first kappa shape index (κ1) is 10.3. The van der Waals surface area contributed by atoms with Gasteiger partial charge in [0.25, 0.3) is 0 Å². The summed E-state index contributed by atoms with van der Waals surface area (Å²) in [5.74, 6) is -0.673. The maximum atomic E-state index is 11.7. The lowest BCUT2D eigenvalue weighted by molar-refractivity contribution is -0.135. The van der Waals surface area contributed by atoms with Crippen LogP contribution in [0.3, 0.4) is 0 Å². The van der Waals surface area contributed by atoms with Gasteiger partial charge in [0, 0.05) is 18.1 Å². The Kier molecular flexibility index (Phi) is 2.00. The number of ketones is 2. The van der Waals surface area contributed by atoms with Gasteiger partial charge in [-0.2, -0.15) is 0 Å². The molecule has 0 radical (unpaired) electrons. The van der Waals surface area contributed by atoms with Crippen molar-refractivity contribution in [1.82, 2.24) is 0 Å². The van der Waals surface area contributed by atoms with E-state index in [0.29, 0.717) is 11.1 Å². The molecule has 0 bridgehead atoms. The Morgan fingerprint density at radius 1 is 1.24 bits per heavy atom. The molecule has 88 valence electrons. The summed E-state index contributed by atoms with van der Waals surface area (Å²) in [6.07, 6.45) is 1.25. The van der Waals surface area contributed by atoms with E-state index < -0.39 is 12.2 Å². The first-order chi connectivity index (χ1) is 8.06. The van der Waals surface area contributed by atoms with Crippen LogP contribution in [-0.2, 0) is 14.3 Å². The Morgan fingerprint density at radius 2 is 2.00 bits per heavy atom. The fourth-order valence-corrected chi connectivity index (χ4v) is 2.49. The molecule has 1 aliphatic heterocycles. The van der Waals surface area contributed by atoms with E-state index in [1.807, 2.05) is 0 Å². The Labute approximate surface area is 96.7 Å². The molecule has 2 atom stereocenters. The molecular formula is C12H10O5. The van der Waals surface area contributed by atoms with E-state index in [4.69, 9.17) is 4.74 Å². The van der Waals surface area contributed by atoms with Crippen LogP contribution in [0, 0.1) is 0 Å². The van der Waals surface area contributed by atoms with E-state index >= 15 is 0 Å². The largest absolute Gasteiger partial charge is 0.508 e. The van der Waals surface area contributed by atoms with E-state index in [-0.39, 0.29) is 35.9 Å². The molecule has 3 rings (SSSR count). The fraction of sp³-hybridized carbons (Fsp3) is 0.333. The standard InChI is InChI=1S/C12H10O5/c13-5-1-7-11-8(15)2-6(14)4-10(11)17-12(7)9(16)3-5/h2,4,10,12,14-15H,1,3H2. The second-order valence-corrected chi connectivity index (χ2v) is 4.36. The summed E-state index contributed by atoms with van der Waals surface area (Å²) in [5.41, 5.74) is 0.989. The number of carbonyl (C=O) groups is 2. The second-order valence-electron chi connectivity index (χ2n) is 4.36. The number of hydrogen-bond acceptors (Lipinski definition) is 5. The summed E-state index contributed by atoms with van der Waals surface area (Å²) in [6.45, 7) is 0. The van der Waals surface area contributed by atoms with Crippen LogP contribution in [0.4, 0.5) is 0 Å². The van der Waals surface area contributed by atoms with Gasteiger partial charge in [-0.1, -0.05) is 0 Å². The lowest BCUT2D eigenvalue weighted by Gasteiger charge is -2.18. The highest BCUT2D eigenvalue weighted by Crippen LogP contribution is 2.39. The molecule has 0 aromatic heterocycles. The minimum absolute atomic E-state index is 0.103. The van der Waals surface area contributed by atoms with Crippen LogP contribution in [-0.4, -0.2) is 34.0 Å². The quantitative estimate of drug-likeness (QED) is 0.608. The van der Waals surface area contributed by atoms with Crippen molar-refractivity contribution in [3.8, 4) is 0 Å². The van der Waals surface area contributed by atoms with Crippen molar-refractivity contribution in [3.05, 3.63) is 34.8 Å². The molecule has 0 amide bonds. The number of hydrogen-bond donors (Lipinski definition) is 2. The maximum absolute atomic E-state index is 11.7. The number of rotatable bonds is 0. The molecular weight excluding hydrogens is 224 g/mol. The van der Waals surface area contributed by atoms with Crippen molar-refractivity contribution in [1.29, 1.82) is 0 Å². The van der Waals surface area contributed by atoms with Gasteiger partial charge in [-0.15, -0.1) is 0 Å². The smallest absolute Gasteiger partial charge is 0.173 e. The molecule has 0 aromatic carbocycles. The number of fused-ring (bicyclic) bond motifs is 2. The van der Waals surface area contributed by atoms with Crippen molar-refractivity contribution in [3.63, 3.8) is 0 Å². The third kappa shape index (κ3) is 1.43. The summed E-state index contributed by atoms with van der Waals surface area (Å²) in [4.78, 5) is 23.0. The van der Waals surface area contributed by atoms with Gasteiger partial charge in [0.1, 0.15) is 29.5 Å². The predicted molar refractivity (Wildman–Crippen MR) is 56.4 cm³/mol. The zero-order chi connectivity index (χ0) is 12.2. The summed E-state index contributed by atoms with van der Waals surface area (Å²) >= 11 is 0. The zero-order valence-corrected chi connectivity index (χ0v) is 8.84. The number of ether oxygens (including phenoxy) is 1. The highest BCUT2D eigenvalue weighted by atomic mass is 16.5. The van der Waals surface area contributed by atoms with Gasteiger partial charge in [-0.25, -0.2) is 0 Å². The summed E-state index contributed by atoms with van der Waals surface area (Å²) in [5, 5.41) is 19.1. The van der Waals surface area contributed by atoms with Crippen LogP contribution in [0.1, 0.15) is 12.8 Å². The lowest BCUT2D eigenvalue weighted by atomic mass is 9.86.